The number of thioether (sulfide) groups is 4. The van der Waals surface area contributed by atoms with Crippen molar-refractivity contribution in [3.8, 4) is 0 Å². The van der Waals surface area contributed by atoms with Gasteiger partial charge in [0.1, 0.15) is 28.9 Å². The van der Waals surface area contributed by atoms with E-state index >= 15 is 0 Å². The summed E-state index contributed by atoms with van der Waals surface area (Å²) in [4.78, 5) is 147. The Kier molecular flexibility index (Phi) is 28.9. The molecule has 0 aromatic rings. The molecule has 12 N–H and O–H groups in total. The highest BCUT2D eigenvalue weighted by atomic mass is 32.2. The summed E-state index contributed by atoms with van der Waals surface area (Å²) in [7, 11) is 0. The number of carbonyl (C=O) groups excluding carboxylic acids is 8. The second kappa shape index (κ2) is 34.1. The van der Waals surface area contributed by atoms with E-state index in [4.69, 9.17) is 0 Å². The van der Waals surface area contributed by atoms with E-state index in [0.717, 1.165) is 40.2 Å². The van der Waals surface area contributed by atoms with Crippen molar-refractivity contribution in [3.05, 3.63) is 54.0 Å². The van der Waals surface area contributed by atoms with E-state index in [1.165, 1.54) is 88.8 Å². The van der Waals surface area contributed by atoms with Crippen molar-refractivity contribution in [2.24, 2.45) is 29.1 Å². The highest BCUT2D eigenvalue weighted by molar-refractivity contribution is 8.05. The molecule has 0 spiro atoms. The molecule has 0 radical (unpaired) electrons. The number of nitrogens with zero attached hydrogens (tertiary/aromatic N) is 4. The third-order valence-electron chi connectivity index (χ3n) is 16.6. The summed E-state index contributed by atoms with van der Waals surface area (Å²) in [6, 6.07) is -0.771. The normalized spacial score (nSPS) is 24.5. The van der Waals surface area contributed by atoms with Gasteiger partial charge in [0.2, 0.25) is 47.3 Å². The quantitative estimate of drug-likeness (QED) is 0.0396. The lowest BCUT2D eigenvalue weighted by Gasteiger charge is -2.44. The molecule has 8 aliphatic heterocycles. The van der Waals surface area contributed by atoms with Gasteiger partial charge in [-0.15, -0.1) is 35.3 Å². The smallest absolute Gasteiger partial charge is 0.353 e. The maximum atomic E-state index is 12.2. The van der Waals surface area contributed by atoms with Crippen LogP contribution in [-0.2, 0) is 57.5 Å². The Morgan fingerprint density at radius 3 is 1.29 bits per heavy atom. The number of nitrogens with one attached hydrogen (secondary N) is 4. The molecule has 0 bridgehead atoms. The molecule has 0 unspecified atom stereocenters. The predicted octanol–water partition coefficient (Wildman–Crippen LogP) is 2.75. The van der Waals surface area contributed by atoms with Crippen molar-refractivity contribution in [2.75, 3.05) is 36.9 Å². The van der Waals surface area contributed by atoms with E-state index in [1.54, 1.807) is 26.2 Å². The first-order valence-corrected chi connectivity index (χ1v) is 33.7. The van der Waals surface area contributed by atoms with E-state index in [2.05, 4.69) is 21.3 Å². The van der Waals surface area contributed by atoms with Crippen LogP contribution in [0.4, 0.5) is 0 Å². The topological polar surface area (TPSA) is 428 Å². The molecule has 8 heterocycles. The van der Waals surface area contributed by atoms with Crippen LogP contribution in [0.2, 0.25) is 0 Å². The number of amides is 8. The Labute approximate surface area is 551 Å². The number of aliphatic carboxylic acids is 4. The minimum atomic E-state index is -1.18. The standard InChI is InChI=1S/C21H33N3O7S.C13H16N2O5S.C13H18N2O4S.C12H17NO4S.CH4/c1-5-21(3,4)17(27)18(28)23-7-6-14(26)22-8-9-32-13-10-12-15(11(2)25)19(29)24(12)16(13)20(30)31;1-6(16)10-8-5-9(21-4-3-14-7(2)17)11(13(19)20)15(8)12(10)18;1-3-8-9-6-10(20-5-4-14-7(2)16)11(13(18)19)15(9)12(8)17;1-3-4-18-8-5-7-9(6(2)14)11(15)13(7)10(8)12(16)17;/h11-12,15,17,25,27H,5-10H2,1-4H3,(H,22,26)(H,23,28)(H,30,31);3-4,6,8,10,16H,5H2,1-2H3,(H,14,17)(H,19,20);8-9H,3-6H2,1-2H3,(H,14,16)(H,18,19);6-7,9,14H,3-5H2,1-2H3,(H,16,17);1H4/b;4-3+;;;/t11-,12-,15-,17+;6-,8-,10-;8-,9-;6-,7-,9-;/m1111./s1. The molecule has 0 aliphatic carbocycles. The van der Waals surface area contributed by atoms with Gasteiger partial charge in [-0.1, -0.05) is 53.8 Å². The summed E-state index contributed by atoms with van der Waals surface area (Å²) in [5.74, 6) is -6.36. The van der Waals surface area contributed by atoms with Crippen LogP contribution in [0.3, 0.4) is 0 Å². The Balaban J connectivity index is 0.000000268. The summed E-state index contributed by atoms with van der Waals surface area (Å²) in [6.07, 6.45) is 2.27. The molecule has 28 nitrogen and oxygen atoms in total. The van der Waals surface area contributed by atoms with Gasteiger partial charge in [-0.05, 0) is 56.6 Å². The van der Waals surface area contributed by atoms with Crippen molar-refractivity contribution in [1.29, 1.82) is 0 Å². The number of hydrogen-bond acceptors (Lipinski definition) is 20. The molecule has 0 aromatic carbocycles. The molecule has 32 heteroatoms. The number of carboxylic acids is 4. The van der Waals surface area contributed by atoms with E-state index in [9.17, 15) is 98.4 Å². The van der Waals surface area contributed by atoms with Gasteiger partial charge in [0.15, 0.2) is 0 Å². The molecule has 4 fully saturated rings. The molecule has 4 saturated heterocycles. The van der Waals surface area contributed by atoms with E-state index in [-0.39, 0.29) is 121 Å². The molecule has 8 amide bonds. The monoisotopic (exact) mass is 1370 g/mol. The van der Waals surface area contributed by atoms with Crippen LogP contribution in [0.1, 0.15) is 128 Å². The highest BCUT2D eigenvalue weighted by Crippen LogP contribution is 2.50. The fourth-order valence-electron chi connectivity index (χ4n) is 11.7. The van der Waals surface area contributed by atoms with Crippen LogP contribution >= 0.6 is 47.0 Å². The fourth-order valence-corrected chi connectivity index (χ4v) is 15.7. The lowest BCUT2D eigenvalue weighted by atomic mass is 9.83. The second-order valence-electron chi connectivity index (χ2n) is 23.3. The van der Waals surface area contributed by atoms with Crippen LogP contribution in [-0.4, -0.2) is 217 Å². The zero-order chi connectivity index (χ0) is 68.3. The van der Waals surface area contributed by atoms with Crippen molar-refractivity contribution in [1.82, 2.24) is 40.9 Å². The maximum absolute atomic E-state index is 12.2. The summed E-state index contributed by atoms with van der Waals surface area (Å²) in [5, 5.41) is 88.2. The maximum Gasteiger partial charge on any atom is 0.353 e. The van der Waals surface area contributed by atoms with Gasteiger partial charge in [-0.3, -0.25) is 38.4 Å². The third kappa shape index (κ3) is 17.7. The van der Waals surface area contributed by atoms with E-state index < -0.39 is 77.4 Å². The zero-order valence-electron chi connectivity index (χ0n) is 52.4. The summed E-state index contributed by atoms with van der Waals surface area (Å²) in [6.45, 7) is 17.8. The summed E-state index contributed by atoms with van der Waals surface area (Å²) < 4.78 is 0. The van der Waals surface area contributed by atoms with Crippen LogP contribution < -0.4 is 21.3 Å². The molecular formula is C60H88N8O20S4. The first-order chi connectivity index (χ1) is 42.7. The van der Waals surface area contributed by atoms with Gasteiger partial charge < -0.3 is 81.7 Å². The Morgan fingerprint density at radius 1 is 0.543 bits per heavy atom. The fraction of sp³-hybridized carbons (Fsp3) is 0.633. The second-order valence-corrected chi connectivity index (χ2v) is 27.9. The minimum absolute atomic E-state index is 0. The number of carboxylic acid groups (broad SMARTS) is 4. The first-order valence-electron chi connectivity index (χ1n) is 29.9. The number of hydrogen-bond donors (Lipinski definition) is 12. The van der Waals surface area contributed by atoms with Crippen molar-refractivity contribution in [3.63, 3.8) is 0 Å². The Bertz CT molecular complexity index is 3040. The van der Waals surface area contributed by atoms with Crippen LogP contribution in [0.25, 0.3) is 0 Å². The number of carbonyl (C=O) groups is 12. The molecule has 92 heavy (non-hydrogen) atoms. The number of aliphatic hydroxyl groups excluding tert-OH is 4. The van der Waals surface area contributed by atoms with Crippen molar-refractivity contribution in [2.45, 2.75) is 177 Å². The van der Waals surface area contributed by atoms with E-state index in [0.29, 0.717) is 60.0 Å². The van der Waals surface area contributed by atoms with Gasteiger partial charge >= 0.3 is 23.9 Å². The van der Waals surface area contributed by atoms with Gasteiger partial charge in [0.05, 0.1) is 66.2 Å². The molecule has 0 saturated carbocycles. The molecule has 12 atom stereocenters. The third-order valence-corrected chi connectivity index (χ3v) is 21.1. The number of fused-ring (bicyclic) bond motifs is 4. The van der Waals surface area contributed by atoms with Crippen LogP contribution in [0.5, 0.6) is 0 Å². The zero-order valence-corrected chi connectivity index (χ0v) is 55.6. The van der Waals surface area contributed by atoms with E-state index in [1.807, 2.05) is 20.8 Å². The number of aliphatic hydroxyl groups is 4. The number of β-lactam (4-membered cyclic amide) rings is 4. The van der Waals surface area contributed by atoms with Crippen molar-refractivity contribution >= 4 is 118 Å². The predicted molar refractivity (Wildman–Crippen MR) is 343 cm³/mol. The molecule has 512 valence electrons. The average molecular weight is 1370 g/mol. The van der Waals surface area contributed by atoms with Crippen LogP contribution in [0, 0.1) is 29.1 Å². The number of rotatable bonds is 28. The lowest BCUT2D eigenvalue weighted by Crippen LogP contribution is -2.61. The molecular weight excluding hydrogens is 1280 g/mol. The molecule has 8 rings (SSSR count). The van der Waals surface area contributed by atoms with Gasteiger partial charge in [-0.2, -0.15) is 0 Å². The van der Waals surface area contributed by atoms with Crippen LogP contribution in [0.15, 0.2) is 54.0 Å². The van der Waals surface area contributed by atoms with Gasteiger partial charge in [-0.25, -0.2) is 19.2 Å². The lowest BCUT2D eigenvalue weighted by molar-refractivity contribution is -0.161. The van der Waals surface area contributed by atoms with Gasteiger partial charge in [0.25, 0.3) is 0 Å². The molecule has 8 aliphatic rings. The highest BCUT2D eigenvalue weighted by Gasteiger charge is 2.59. The summed E-state index contributed by atoms with van der Waals surface area (Å²) in [5.41, 5.74) is -0.356. The van der Waals surface area contributed by atoms with Crippen molar-refractivity contribution < 1.29 is 98.4 Å². The first kappa shape index (κ1) is 78.0. The Morgan fingerprint density at radius 2 is 0.924 bits per heavy atom. The minimum Gasteiger partial charge on any atom is -0.477 e. The average Bonchev–Trinajstić information content (AvgIpc) is 1.59. The molecule has 0 aromatic heterocycles. The Hall–Kier alpha value is -6.42. The summed E-state index contributed by atoms with van der Waals surface area (Å²) >= 11 is 5.34. The SMILES string of the molecule is C.CC(=O)N/C=C/SC1=C(C(=O)O)N2C(=O)[C@H]([C@@H](C)O)[C@H]2C1.CCC(C)(C)[C@@H](O)C(=O)NCCC(=O)NCCSC1=C(C(=O)O)N2C(=O)[C@H]([C@@H](C)O)[C@H]2C1.CCCSC1=C(C(=O)O)N2C(=O)[C@H]([C@@H](C)O)[C@H]2C1.CC[C@H]1C(=O)N2C(C(=O)O)=C(SCCNC(C)=O)C[C@H]12. The van der Waals surface area contributed by atoms with Gasteiger partial charge in [0, 0.05) is 103 Å². The largest absolute Gasteiger partial charge is 0.477 e.